The molecule has 5 heteroatoms. The highest BCUT2D eigenvalue weighted by Crippen LogP contribution is 2.28. The average molecular weight is 371 g/mol. The second-order valence-corrected chi connectivity index (χ2v) is 7.66. The lowest BCUT2D eigenvalue weighted by atomic mass is 9.95. The number of imidazole rings is 1. The first-order chi connectivity index (χ1) is 13.8. The Kier molecular flexibility index (Phi) is 4.67. The van der Waals surface area contributed by atoms with Gasteiger partial charge in [-0.25, -0.2) is 4.98 Å². The van der Waals surface area contributed by atoms with Crippen LogP contribution >= 0.6 is 0 Å². The number of aromatic nitrogens is 4. The molecule has 0 saturated carbocycles. The molecule has 1 aliphatic rings. The summed E-state index contributed by atoms with van der Waals surface area (Å²) in [5.41, 5.74) is 4.98. The van der Waals surface area contributed by atoms with E-state index in [2.05, 4.69) is 63.5 Å². The Balaban J connectivity index is 1.24. The van der Waals surface area contributed by atoms with E-state index in [0.717, 1.165) is 55.9 Å². The molecule has 142 valence electrons. The van der Waals surface area contributed by atoms with Crippen LogP contribution in [0.15, 0.2) is 67.0 Å². The van der Waals surface area contributed by atoms with Crippen molar-refractivity contribution in [2.24, 2.45) is 0 Å². The Morgan fingerprint density at radius 3 is 2.39 bits per heavy atom. The van der Waals surface area contributed by atoms with Crippen LogP contribution in [0.5, 0.6) is 0 Å². The van der Waals surface area contributed by atoms with E-state index in [1.165, 1.54) is 11.1 Å². The van der Waals surface area contributed by atoms with Gasteiger partial charge in [-0.1, -0.05) is 36.4 Å². The number of rotatable bonds is 5. The molecule has 0 radical (unpaired) electrons. The first-order valence-corrected chi connectivity index (χ1v) is 10.1. The number of nitrogens with one attached hydrogen (secondary N) is 1. The lowest BCUT2D eigenvalue weighted by Gasteiger charge is -2.31. The zero-order chi connectivity index (χ0) is 18.8. The number of likely N-dealkylation sites (tertiary alicyclic amines) is 1. The van der Waals surface area contributed by atoms with E-state index >= 15 is 0 Å². The first-order valence-electron chi connectivity index (χ1n) is 10.1. The largest absolute Gasteiger partial charge is 0.342 e. The number of benzene rings is 2. The van der Waals surface area contributed by atoms with Crippen molar-refractivity contribution in [1.82, 2.24) is 24.6 Å². The van der Waals surface area contributed by atoms with Crippen molar-refractivity contribution in [1.29, 1.82) is 0 Å². The molecule has 1 saturated heterocycles. The third-order valence-electron chi connectivity index (χ3n) is 5.79. The van der Waals surface area contributed by atoms with Crippen molar-refractivity contribution in [3.05, 3.63) is 83.9 Å². The number of hydrogen-bond donors (Lipinski definition) is 1. The van der Waals surface area contributed by atoms with Crippen LogP contribution in [0.1, 0.15) is 35.7 Å². The second kappa shape index (κ2) is 7.60. The number of fused-ring (bicyclic) bond motifs is 1. The fourth-order valence-corrected chi connectivity index (χ4v) is 4.21. The maximum absolute atomic E-state index is 4.82. The maximum atomic E-state index is 4.82. The summed E-state index contributed by atoms with van der Waals surface area (Å²) in [6, 6.07) is 19.0. The average Bonchev–Trinajstić information content (AvgIpc) is 3.39. The summed E-state index contributed by atoms with van der Waals surface area (Å²) in [6.07, 6.45) is 6.17. The highest BCUT2D eigenvalue weighted by molar-refractivity contribution is 5.74. The molecule has 1 fully saturated rings. The number of H-pyrrole nitrogens is 1. The van der Waals surface area contributed by atoms with Crippen molar-refractivity contribution in [3.63, 3.8) is 0 Å². The summed E-state index contributed by atoms with van der Waals surface area (Å²) in [5, 5.41) is 4.35. The van der Waals surface area contributed by atoms with Crippen LogP contribution in [0.4, 0.5) is 0 Å². The predicted octanol–water partition coefficient (Wildman–Crippen LogP) is 4.19. The molecule has 0 unspecified atom stereocenters. The third-order valence-corrected chi connectivity index (χ3v) is 5.79. The smallest absolute Gasteiger partial charge is 0.110 e. The molecule has 5 nitrogen and oxygen atoms in total. The van der Waals surface area contributed by atoms with Gasteiger partial charge in [-0.05, 0) is 55.3 Å². The zero-order valence-corrected chi connectivity index (χ0v) is 16.0. The maximum Gasteiger partial charge on any atom is 0.110 e. The number of aromatic amines is 1. The molecule has 2 aromatic heterocycles. The standard InChI is InChI=1S/C23H25N5/c1-2-7-20(17-28-13-5-12-24-28)19(6-1)16-27-14-10-18(11-15-27)23-25-21-8-3-4-9-22(21)26-23/h1-9,12-13,18H,10-11,14-17H2,(H,25,26). The Labute approximate surface area is 165 Å². The van der Waals surface area contributed by atoms with Gasteiger partial charge in [0.05, 0.1) is 17.6 Å². The molecule has 1 N–H and O–H groups in total. The van der Waals surface area contributed by atoms with E-state index < -0.39 is 0 Å². The molecule has 0 bridgehead atoms. The summed E-state index contributed by atoms with van der Waals surface area (Å²) in [5.74, 6) is 1.68. The molecule has 5 rings (SSSR count). The van der Waals surface area contributed by atoms with Gasteiger partial charge in [-0.15, -0.1) is 0 Å². The molecule has 1 aliphatic heterocycles. The number of para-hydroxylation sites is 2. The van der Waals surface area contributed by atoms with E-state index in [1.807, 2.05) is 23.1 Å². The van der Waals surface area contributed by atoms with Crippen LogP contribution in [0, 0.1) is 0 Å². The first kappa shape index (κ1) is 17.2. The molecule has 0 amide bonds. The number of nitrogens with zero attached hydrogens (tertiary/aromatic N) is 4. The minimum absolute atomic E-state index is 0.531. The van der Waals surface area contributed by atoms with Crippen molar-refractivity contribution in [3.8, 4) is 0 Å². The van der Waals surface area contributed by atoms with Crippen LogP contribution in [0.25, 0.3) is 11.0 Å². The molecule has 2 aromatic carbocycles. The summed E-state index contributed by atoms with van der Waals surface area (Å²) in [4.78, 5) is 10.9. The van der Waals surface area contributed by atoms with E-state index in [0.29, 0.717) is 5.92 Å². The van der Waals surface area contributed by atoms with Gasteiger partial charge in [0.15, 0.2) is 0 Å². The molecule has 4 aromatic rings. The third kappa shape index (κ3) is 3.58. The molecule has 3 heterocycles. The van der Waals surface area contributed by atoms with Crippen molar-refractivity contribution >= 4 is 11.0 Å². The van der Waals surface area contributed by atoms with Crippen LogP contribution < -0.4 is 0 Å². The van der Waals surface area contributed by atoms with E-state index in [9.17, 15) is 0 Å². The highest BCUT2D eigenvalue weighted by Gasteiger charge is 2.23. The lowest BCUT2D eigenvalue weighted by molar-refractivity contribution is 0.201. The van der Waals surface area contributed by atoms with Gasteiger partial charge in [0, 0.05) is 24.9 Å². The van der Waals surface area contributed by atoms with Gasteiger partial charge in [-0.3, -0.25) is 9.58 Å². The van der Waals surface area contributed by atoms with E-state index in [-0.39, 0.29) is 0 Å². The van der Waals surface area contributed by atoms with Crippen LogP contribution in [0.2, 0.25) is 0 Å². The monoisotopic (exact) mass is 371 g/mol. The lowest BCUT2D eigenvalue weighted by Crippen LogP contribution is -2.33. The normalized spacial score (nSPS) is 16.0. The molecule has 0 spiro atoms. The summed E-state index contributed by atoms with van der Waals surface area (Å²) in [7, 11) is 0. The summed E-state index contributed by atoms with van der Waals surface area (Å²) in [6.45, 7) is 4.05. The Bertz CT molecular complexity index is 1010. The van der Waals surface area contributed by atoms with Gasteiger partial charge in [0.2, 0.25) is 0 Å². The molecule has 28 heavy (non-hydrogen) atoms. The van der Waals surface area contributed by atoms with Gasteiger partial charge in [-0.2, -0.15) is 5.10 Å². The van der Waals surface area contributed by atoms with Crippen LogP contribution in [-0.2, 0) is 13.1 Å². The van der Waals surface area contributed by atoms with Crippen molar-refractivity contribution in [2.75, 3.05) is 13.1 Å². The molecule has 0 atom stereocenters. The topological polar surface area (TPSA) is 49.7 Å². The van der Waals surface area contributed by atoms with Gasteiger partial charge in [0.1, 0.15) is 5.82 Å². The summed E-state index contributed by atoms with van der Waals surface area (Å²) < 4.78 is 1.99. The fourth-order valence-electron chi connectivity index (χ4n) is 4.21. The SMILES string of the molecule is c1ccc(Cn2cccn2)c(CN2CCC(c3nc4ccccc4[nH]3)CC2)c1. The van der Waals surface area contributed by atoms with E-state index in [4.69, 9.17) is 4.98 Å². The van der Waals surface area contributed by atoms with Crippen LogP contribution in [0.3, 0.4) is 0 Å². The Hall–Kier alpha value is -2.92. The van der Waals surface area contributed by atoms with Gasteiger partial charge < -0.3 is 4.98 Å². The summed E-state index contributed by atoms with van der Waals surface area (Å²) >= 11 is 0. The Morgan fingerprint density at radius 2 is 1.64 bits per heavy atom. The van der Waals surface area contributed by atoms with E-state index in [1.54, 1.807) is 0 Å². The zero-order valence-electron chi connectivity index (χ0n) is 16.0. The number of piperidine rings is 1. The fraction of sp³-hybridized carbons (Fsp3) is 0.304. The van der Waals surface area contributed by atoms with Crippen molar-refractivity contribution < 1.29 is 0 Å². The van der Waals surface area contributed by atoms with Gasteiger partial charge in [0.25, 0.3) is 0 Å². The second-order valence-electron chi connectivity index (χ2n) is 7.66. The molecule has 0 aliphatic carbocycles. The minimum Gasteiger partial charge on any atom is -0.342 e. The molecular formula is C23H25N5. The molecular weight excluding hydrogens is 346 g/mol. The van der Waals surface area contributed by atoms with Crippen molar-refractivity contribution in [2.45, 2.75) is 31.8 Å². The minimum atomic E-state index is 0.531. The predicted molar refractivity (Wildman–Crippen MR) is 111 cm³/mol. The van der Waals surface area contributed by atoms with Gasteiger partial charge >= 0.3 is 0 Å². The highest BCUT2D eigenvalue weighted by atomic mass is 15.3. The van der Waals surface area contributed by atoms with Crippen LogP contribution in [-0.4, -0.2) is 37.7 Å². The Morgan fingerprint density at radius 1 is 0.893 bits per heavy atom. The quantitative estimate of drug-likeness (QED) is 0.572. The number of hydrogen-bond acceptors (Lipinski definition) is 3.